The highest BCUT2D eigenvalue weighted by atomic mass is 32.2. The number of hydrogen-bond donors (Lipinski definition) is 8. The van der Waals surface area contributed by atoms with E-state index in [-0.39, 0.29) is 66.3 Å². The molecule has 0 fully saturated rings. The number of azo groups is 2. The van der Waals surface area contributed by atoms with Crippen LogP contribution in [0.25, 0.3) is 32.3 Å². The Labute approximate surface area is 363 Å². The molecule has 0 saturated carbocycles. The van der Waals surface area contributed by atoms with E-state index in [4.69, 9.17) is 15.3 Å². The predicted molar refractivity (Wildman–Crippen MR) is 227 cm³/mol. The zero-order valence-electron chi connectivity index (χ0n) is 31.9. The molecule has 0 unspecified atom stereocenters. The van der Waals surface area contributed by atoms with Gasteiger partial charge < -0.3 is 25.4 Å². The molecule has 63 heavy (non-hydrogen) atoms. The van der Waals surface area contributed by atoms with E-state index >= 15 is 0 Å². The van der Waals surface area contributed by atoms with Crippen LogP contribution in [0.2, 0.25) is 0 Å². The van der Waals surface area contributed by atoms with Crippen molar-refractivity contribution in [3.8, 4) is 23.0 Å². The molecule has 7 rings (SSSR count). The van der Waals surface area contributed by atoms with E-state index in [1.54, 1.807) is 49.4 Å². The summed E-state index contributed by atoms with van der Waals surface area (Å²) in [6.07, 6.45) is 0. The van der Waals surface area contributed by atoms with Gasteiger partial charge in [0.05, 0.1) is 62.6 Å². The van der Waals surface area contributed by atoms with Crippen LogP contribution in [0, 0.1) is 6.92 Å². The fraction of sp³-hybridized carbons (Fsp3) is 0.0526. The highest BCUT2D eigenvalue weighted by Gasteiger charge is 2.20. The number of fused-ring (bicyclic) bond motifs is 3. The molecular weight excluding hydrogens is 911 g/mol. The molecule has 0 amide bonds. The first kappa shape index (κ1) is 44.8. The molecule has 0 radical (unpaired) electrons. The van der Waals surface area contributed by atoms with Gasteiger partial charge in [-0.3, -0.25) is 9.11 Å². The Morgan fingerprint density at radius 1 is 0.603 bits per heavy atom. The van der Waals surface area contributed by atoms with Gasteiger partial charge in [-0.1, -0.05) is 10.1 Å². The minimum absolute atomic E-state index is 0.0633. The van der Waals surface area contributed by atoms with Crippen molar-refractivity contribution >= 4 is 111 Å². The Kier molecular flexibility index (Phi) is 13.0. The first-order valence-electron chi connectivity index (χ1n) is 17.4. The van der Waals surface area contributed by atoms with Gasteiger partial charge in [0, 0.05) is 39.2 Å². The van der Waals surface area contributed by atoms with Gasteiger partial charge in [-0.05, 0) is 108 Å². The van der Waals surface area contributed by atoms with E-state index in [9.17, 15) is 41.3 Å². The number of nitrogens with one attached hydrogen (secondary N) is 1. The summed E-state index contributed by atoms with van der Waals surface area (Å²) in [5.74, 6) is -0.921. The number of phenolic OH excluding ortho intramolecular Hbond substituents is 3. The molecular formula is C38H29N5O16S4. The van der Waals surface area contributed by atoms with E-state index in [1.165, 1.54) is 37.4 Å². The van der Waals surface area contributed by atoms with Crippen LogP contribution in [0.15, 0.2) is 131 Å². The van der Waals surface area contributed by atoms with Crippen LogP contribution >= 0.6 is 24.1 Å². The van der Waals surface area contributed by atoms with Crippen LogP contribution in [-0.2, 0) is 39.0 Å². The molecule has 0 saturated heterocycles. The summed E-state index contributed by atoms with van der Waals surface area (Å²) in [7, 11) is -7.99. The fourth-order valence-corrected chi connectivity index (χ4v) is 8.34. The van der Waals surface area contributed by atoms with Gasteiger partial charge in [-0.15, -0.1) is 24.0 Å². The summed E-state index contributed by atoms with van der Waals surface area (Å²) >= 11 is 1.01. The number of phenols is 3. The maximum absolute atomic E-state index is 12.1. The summed E-state index contributed by atoms with van der Waals surface area (Å²) < 4.78 is 81.6. The van der Waals surface area contributed by atoms with Gasteiger partial charge in [-0.25, -0.2) is 10.5 Å². The highest BCUT2D eigenvalue weighted by molar-refractivity contribution is 7.95. The molecule has 7 aromatic carbocycles. The third kappa shape index (κ3) is 9.89. The molecule has 0 heterocycles. The van der Waals surface area contributed by atoms with E-state index in [2.05, 4.69) is 44.5 Å². The summed E-state index contributed by atoms with van der Waals surface area (Å²) in [5, 5.41) is 79.2. The topological polar surface area (TPSA) is 318 Å². The third-order valence-corrected chi connectivity index (χ3v) is 12.0. The lowest BCUT2D eigenvalue weighted by molar-refractivity contribution is -0.432. The van der Waals surface area contributed by atoms with Gasteiger partial charge in [0.15, 0.2) is 5.75 Å². The minimum atomic E-state index is -4.75. The molecule has 25 heteroatoms. The van der Waals surface area contributed by atoms with Crippen LogP contribution in [0.1, 0.15) is 5.56 Å². The van der Waals surface area contributed by atoms with Crippen LogP contribution < -0.4 is 10.1 Å². The van der Waals surface area contributed by atoms with Crippen LogP contribution in [-0.4, -0.2) is 58.9 Å². The van der Waals surface area contributed by atoms with Crippen molar-refractivity contribution < 1.29 is 75.3 Å². The van der Waals surface area contributed by atoms with Gasteiger partial charge in [0.2, 0.25) is 0 Å². The quantitative estimate of drug-likeness (QED) is 0.0156. The summed E-state index contributed by atoms with van der Waals surface area (Å²) in [4.78, 5) is -0.704. The predicted octanol–water partition coefficient (Wildman–Crippen LogP) is 10.5. The average molecular weight is 940 g/mol. The van der Waals surface area contributed by atoms with E-state index in [0.717, 1.165) is 18.2 Å². The van der Waals surface area contributed by atoms with Crippen molar-refractivity contribution in [3.05, 3.63) is 96.6 Å². The Hall–Kier alpha value is -6.20. The number of rotatable bonds is 15. The number of anilines is 2. The molecule has 7 aromatic rings. The summed E-state index contributed by atoms with van der Waals surface area (Å²) in [6.45, 7) is 1.65. The second-order valence-electron chi connectivity index (χ2n) is 13.1. The van der Waals surface area contributed by atoms with Gasteiger partial charge >= 0.3 is 0 Å². The molecule has 0 bridgehead atoms. The zero-order chi connectivity index (χ0) is 45.2. The van der Waals surface area contributed by atoms with Crippen molar-refractivity contribution in [3.63, 3.8) is 0 Å². The monoisotopic (exact) mass is 939 g/mol. The van der Waals surface area contributed by atoms with Gasteiger partial charge in [0.1, 0.15) is 28.6 Å². The van der Waals surface area contributed by atoms with E-state index in [0.29, 0.717) is 62.6 Å². The summed E-state index contributed by atoms with van der Waals surface area (Å²) in [6, 6.07) is 21.1. The smallest absolute Gasteiger partial charge is 0.294 e. The van der Waals surface area contributed by atoms with Crippen molar-refractivity contribution in [2.75, 3.05) is 12.4 Å². The van der Waals surface area contributed by atoms with Crippen LogP contribution in [0.5, 0.6) is 23.0 Å². The highest BCUT2D eigenvalue weighted by Crippen LogP contribution is 2.46. The van der Waals surface area contributed by atoms with Gasteiger partial charge in [0.25, 0.3) is 20.2 Å². The number of aromatic hydroxyl groups is 3. The first-order chi connectivity index (χ1) is 30.0. The first-order valence-corrected chi connectivity index (χ1v) is 21.7. The molecule has 326 valence electrons. The number of benzene rings is 7. The molecule has 0 atom stereocenters. The SMILES string of the molecule is COc1cc(/N=N/c2cc(S(=O)(=O)O)cc3cc(SOOO)cc(O)c23)c(C)cc1/N=N/c1c(SOOO)cc2cc(Nc3ccc4c(O)cc(S(=O)(=O)O)cc4c3)ccc2c1O. The lowest BCUT2D eigenvalue weighted by Gasteiger charge is -2.13. The number of nitrogens with zero attached hydrogens (tertiary/aromatic N) is 4. The molecule has 0 aliphatic heterocycles. The Balaban J connectivity index is 1.21. The fourth-order valence-electron chi connectivity index (χ4n) is 6.33. The maximum Gasteiger partial charge on any atom is 0.294 e. The summed E-state index contributed by atoms with van der Waals surface area (Å²) in [5.41, 5.74) is 1.60. The van der Waals surface area contributed by atoms with E-state index in [1.807, 2.05) is 0 Å². The van der Waals surface area contributed by atoms with Crippen molar-refractivity contribution in [1.82, 2.24) is 0 Å². The largest absolute Gasteiger partial charge is 0.507 e. The van der Waals surface area contributed by atoms with E-state index < -0.39 is 30.0 Å². The second kappa shape index (κ2) is 18.3. The molecule has 0 aromatic heterocycles. The Morgan fingerprint density at radius 2 is 1.21 bits per heavy atom. The average Bonchev–Trinajstić information content (AvgIpc) is 3.23. The van der Waals surface area contributed by atoms with Crippen LogP contribution in [0.4, 0.5) is 34.1 Å². The number of methoxy groups -OCH3 is 1. The molecule has 0 aliphatic rings. The number of aryl methyl sites for hydroxylation is 1. The molecule has 0 spiro atoms. The standard InChI is InChI=1S/C38H29N5O16S4/c1-18-7-30(34(55-2)17-29(18)40-42-31-15-25(62(49,50)51)12-21-10-24(60-58-56-47)14-33(45)36(21)31)41-43-37-35(61-59-57-48)13-20-9-23(4-6-28(20)38(37)46)39-22-3-5-27-19(8-22)11-26(16-32(27)44)63(52,53)54/h3-17,39,44-48H,1-2H3,(H,49,50,51)(H,52,53,54)/b42-40+,43-41+. The Morgan fingerprint density at radius 3 is 1.87 bits per heavy atom. The molecule has 21 nitrogen and oxygen atoms in total. The van der Waals surface area contributed by atoms with Gasteiger partial charge in [-0.2, -0.15) is 21.9 Å². The second-order valence-corrected chi connectivity index (χ2v) is 17.5. The third-order valence-electron chi connectivity index (χ3n) is 9.13. The lowest BCUT2D eigenvalue weighted by atomic mass is 10.1. The molecule has 8 N–H and O–H groups in total. The minimum Gasteiger partial charge on any atom is -0.507 e. The Bertz CT molecular complexity index is 3240. The van der Waals surface area contributed by atoms with Crippen molar-refractivity contribution in [1.29, 1.82) is 0 Å². The van der Waals surface area contributed by atoms with Crippen molar-refractivity contribution in [2.24, 2.45) is 20.5 Å². The number of hydrogen-bond acceptors (Lipinski definition) is 21. The maximum atomic E-state index is 12.1. The zero-order valence-corrected chi connectivity index (χ0v) is 35.2. The van der Waals surface area contributed by atoms with Crippen LogP contribution in [0.3, 0.4) is 0 Å². The normalized spacial score (nSPS) is 12.3. The molecule has 0 aliphatic carbocycles. The number of ether oxygens (including phenoxy) is 1. The lowest BCUT2D eigenvalue weighted by Crippen LogP contribution is -1.98. The van der Waals surface area contributed by atoms with Crippen molar-refractivity contribution in [2.45, 2.75) is 26.5 Å².